The van der Waals surface area contributed by atoms with Crippen LogP contribution in [0.25, 0.3) is 0 Å². The van der Waals surface area contributed by atoms with Gasteiger partial charge in [-0.2, -0.15) is 13.2 Å². The van der Waals surface area contributed by atoms with Gasteiger partial charge in [0.05, 0.1) is 12.0 Å². The zero-order chi connectivity index (χ0) is 13.8. The smallest absolute Gasteiger partial charge is 0.413 e. The van der Waals surface area contributed by atoms with Gasteiger partial charge in [0.15, 0.2) is 6.61 Å². The summed E-state index contributed by atoms with van der Waals surface area (Å²) in [7, 11) is -2.74. The van der Waals surface area contributed by atoms with E-state index in [1.165, 1.54) is 36.3 Å². The zero-order valence-corrected chi connectivity index (χ0v) is 10.0. The summed E-state index contributed by atoms with van der Waals surface area (Å²) in [5, 5.41) is 0. The summed E-state index contributed by atoms with van der Waals surface area (Å²) in [6, 6.07) is 5.08. The van der Waals surface area contributed by atoms with Gasteiger partial charge in [0.25, 0.3) is 10.0 Å². The molecule has 5 nitrogen and oxygen atoms in total. The summed E-state index contributed by atoms with van der Waals surface area (Å²) in [6.45, 7) is -1.71. The van der Waals surface area contributed by atoms with Gasteiger partial charge in [-0.3, -0.25) is 4.84 Å². The lowest BCUT2D eigenvalue weighted by Crippen LogP contribution is -2.29. The second-order valence-electron chi connectivity index (χ2n) is 3.17. The normalized spacial score (nSPS) is 12.4. The quantitative estimate of drug-likeness (QED) is 0.832. The van der Waals surface area contributed by atoms with Crippen LogP contribution in [-0.2, 0) is 14.9 Å². The maximum Gasteiger partial charge on any atom is 0.413 e. The molecule has 0 aliphatic carbocycles. The SMILES string of the molecule is COc1ccc(S(=O)(=O)NOCC(F)(F)F)cc1. The van der Waals surface area contributed by atoms with E-state index in [4.69, 9.17) is 4.74 Å². The highest BCUT2D eigenvalue weighted by Gasteiger charge is 2.29. The molecule has 0 amide bonds. The standard InChI is InChI=1S/C9H10F3NO4S/c1-16-7-2-4-8(5-3-7)18(14,15)13-17-6-9(10,11)12/h2-5,13H,6H2,1H3. The lowest BCUT2D eigenvalue weighted by atomic mass is 10.3. The van der Waals surface area contributed by atoms with E-state index in [1.54, 1.807) is 0 Å². The Morgan fingerprint density at radius 3 is 2.22 bits per heavy atom. The molecule has 1 aromatic rings. The molecule has 0 spiro atoms. The van der Waals surface area contributed by atoms with E-state index in [9.17, 15) is 21.6 Å². The Hall–Kier alpha value is -1.32. The number of hydrogen-bond acceptors (Lipinski definition) is 4. The van der Waals surface area contributed by atoms with Crippen molar-refractivity contribution >= 4 is 10.0 Å². The third-order valence-corrected chi connectivity index (χ3v) is 3.00. The molecule has 1 N–H and O–H groups in total. The van der Waals surface area contributed by atoms with Crippen molar-refractivity contribution in [1.82, 2.24) is 4.89 Å². The topological polar surface area (TPSA) is 64.6 Å². The first-order chi connectivity index (χ1) is 8.24. The number of methoxy groups -OCH3 is 1. The average Bonchev–Trinajstić information content (AvgIpc) is 2.27. The van der Waals surface area contributed by atoms with Crippen molar-refractivity contribution in [2.45, 2.75) is 11.1 Å². The number of ether oxygens (including phenoxy) is 1. The van der Waals surface area contributed by atoms with E-state index in [2.05, 4.69) is 4.84 Å². The van der Waals surface area contributed by atoms with Crippen molar-refractivity contribution in [3.8, 4) is 5.75 Å². The number of benzene rings is 1. The maximum absolute atomic E-state index is 11.8. The van der Waals surface area contributed by atoms with Crippen LogP contribution in [0.1, 0.15) is 0 Å². The van der Waals surface area contributed by atoms with Crippen LogP contribution in [0.4, 0.5) is 13.2 Å². The summed E-state index contributed by atoms with van der Waals surface area (Å²) in [5.74, 6) is 0.421. The third-order valence-electron chi connectivity index (χ3n) is 1.77. The molecule has 0 radical (unpaired) electrons. The first-order valence-electron chi connectivity index (χ1n) is 4.59. The molecule has 18 heavy (non-hydrogen) atoms. The fourth-order valence-electron chi connectivity index (χ4n) is 0.992. The predicted octanol–water partition coefficient (Wildman–Crippen LogP) is 1.47. The lowest BCUT2D eigenvalue weighted by molar-refractivity contribution is -0.181. The van der Waals surface area contributed by atoms with Gasteiger partial charge in [-0.1, -0.05) is 4.89 Å². The van der Waals surface area contributed by atoms with Crippen LogP contribution in [0, 0.1) is 0 Å². The Balaban J connectivity index is 2.68. The molecule has 0 atom stereocenters. The van der Waals surface area contributed by atoms with Gasteiger partial charge in [0, 0.05) is 0 Å². The van der Waals surface area contributed by atoms with Gasteiger partial charge in [-0.15, -0.1) is 0 Å². The van der Waals surface area contributed by atoms with Crippen molar-refractivity contribution in [2.24, 2.45) is 0 Å². The van der Waals surface area contributed by atoms with Crippen molar-refractivity contribution < 1.29 is 31.2 Å². The molecule has 0 saturated carbocycles. The zero-order valence-electron chi connectivity index (χ0n) is 9.19. The number of rotatable bonds is 5. The number of nitrogens with one attached hydrogen (secondary N) is 1. The highest BCUT2D eigenvalue weighted by molar-refractivity contribution is 7.89. The number of halogens is 3. The van der Waals surface area contributed by atoms with Gasteiger partial charge in [0.2, 0.25) is 0 Å². The molecular formula is C9H10F3NO4S. The van der Waals surface area contributed by atoms with E-state index >= 15 is 0 Å². The van der Waals surface area contributed by atoms with Crippen molar-refractivity contribution in [3.05, 3.63) is 24.3 Å². The summed E-state index contributed by atoms with van der Waals surface area (Å²) in [5.41, 5.74) is 0. The minimum atomic E-state index is -4.61. The van der Waals surface area contributed by atoms with Crippen LogP contribution in [0.15, 0.2) is 29.2 Å². The van der Waals surface area contributed by atoms with Crippen LogP contribution in [-0.4, -0.2) is 28.3 Å². The molecule has 0 aromatic heterocycles. The summed E-state index contributed by atoms with van der Waals surface area (Å²) in [6.07, 6.45) is -4.61. The first kappa shape index (κ1) is 14.7. The third kappa shape index (κ3) is 4.51. The molecule has 0 saturated heterocycles. The van der Waals surface area contributed by atoms with Crippen molar-refractivity contribution in [3.63, 3.8) is 0 Å². The van der Waals surface area contributed by atoms with E-state index in [-0.39, 0.29) is 4.90 Å². The fourth-order valence-corrected chi connectivity index (χ4v) is 1.80. The Morgan fingerprint density at radius 2 is 1.78 bits per heavy atom. The number of sulfonamides is 1. The molecule has 0 fully saturated rings. The summed E-state index contributed by atoms with van der Waals surface area (Å²) >= 11 is 0. The van der Waals surface area contributed by atoms with Crippen LogP contribution in [0.3, 0.4) is 0 Å². The van der Waals surface area contributed by atoms with E-state index in [1.807, 2.05) is 0 Å². The molecule has 1 rings (SSSR count). The van der Waals surface area contributed by atoms with E-state index < -0.39 is 22.8 Å². The molecule has 1 aromatic carbocycles. The predicted molar refractivity (Wildman–Crippen MR) is 55.3 cm³/mol. The van der Waals surface area contributed by atoms with Crippen LogP contribution in [0.2, 0.25) is 0 Å². The molecule has 0 aliphatic heterocycles. The average molecular weight is 285 g/mol. The van der Waals surface area contributed by atoms with Gasteiger partial charge < -0.3 is 4.74 Å². The van der Waals surface area contributed by atoms with Gasteiger partial charge in [0.1, 0.15) is 5.75 Å². The van der Waals surface area contributed by atoms with Crippen LogP contribution < -0.4 is 9.62 Å². The molecular weight excluding hydrogens is 275 g/mol. The maximum atomic E-state index is 11.8. The Labute approximate surface area is 102 Å². The Bertz CT molecular complexity index is 484. The van der Waals surface area contributed by atoms with Gasteiger partial charge >= 0.3 is 6.18 Å². The minimum absolute atomic E-state index is 0.231. The molecule has 9 heteroatoms. The van der Waals surface area contributed by atoms with Crippen molar-refractivity contribution in [1.29, 1.82) is 0 Å². The second kappa shape index (κ2) is 5.55. The Kier molecular flexibility index (Phi) is 4.54. The monoisotopic (exact) mass is 285 g/mol. The first-order valence-corrected chi connectivity index (χ1v) is 6.07. The number of alkyl halides is 3. The highest BCUT2D eigenvalue weighted by Crippen LogP contribution is 2.17. The van der Waals surface area contributed by atoms with E-state index in [0.717, 1.165) is 0 Å². The molecule has 0 aliphatic rings. The van der Waals surface area contributed by atoms with Gasteiger partial charge in [-0.25, -0.2) is 8.42 Å². The Morgan fingerprint density at radius 1 is 1.22 bits per heavy atom. The highest BCUT2D eigenvalue weighted by atomic mass is 32.2. The van der Waals surface area contributed by atoms with Crippen LogP contribution >= 0.6 is 0 Å². The van der Waals surface area contributed by atoms with E-state index in [0.29, 0.717) is 5.75 Å². The van der Waals surface area contributed by atoms with Crippen molar-refractivity contribution in [2.75, 3.05) is 13.7 Å². The van der Waals surface area contributed by atoms with Gasteiger partial charge in [-0.05, 0) is 24.3 Å². The fraction of sp³-hybridized carbons (Fsp3) is 0.333. The molecule has 0 unspecified atom stereocenters. The second-order valence-corrected chi connectivity index (χ2v) is 4.81. The lowest BCUT2D eigenvalue weighted by Gasteiger charge is -2.09. The molecule has 0 heterocycles. The minimum Gasteiger partial charge on any atom is -0.497 e. The molecule has 102 valence electrons. The number of hydrogen-bond donors (Lipinski definition) is 1. The molecule has 0 bridgehead atoms. The largest absolute Gasteiger partial charge is 0.497 e. The summed E-state index contributed by atoms with van der Waals surface area (Å²) in [4.78, 5) is 5.03. The summed E-state index contributed by atoms with van der Waals surface area (Å²) < 4.78 is 63.0. The van der Waals surface area contributed by atoms with Crippen LogP contribution in [0.5, 0.6) is 5.75 Å².